The topological polar surface area (TPSA) is 173 Å². The lowest BCUT2D eigenvalue weighted by Crippen LogP contribution is -2.25. The van der Waals surface area contributed by atoms with Crippen LogP contribution in [0.5, 0.6) is 0 Å². The fourth-order valence-corrected chi connectivity index (χ4v) is 4.93. The number of hydrogen-bond donors (Lipinski definition) is 2. The van der Waals surface area contributed by atoms with Gasteiger partial charge in [0.1, 0.15) is 5.56 Å². The van der Waals surface area contributed by atoms with Crippen LogP contribution in [0.15, 0.2) is 72.8 Å². The van der Waals surface area contributed by atoms with E-state index < -0.39 is 11.9 Å². The molecule has 2 aromatic carbocycles. The number of carbonyl (C=O) groups excluding carboxylic acids is 1. The van der Waals surface area contributed by atoms with Crippen LogP contribution >= 0.6 is 0 Å². The van der Waals surface area contributed by atoms with Gasteiger partial charge in [-0.1, -0.05) is 60.7 Å². The van der Waals surface area contributed by atoms with E-state index in [1.54, 1.807) is 24.4 Å². The molecule has 6 aromatic rings. The molecule has 4 aromatic heterocycles. The van der Waals surface area contributed by atoms with Crippen LogP contribution in [0, 0.1) is 13.8 Å². The highest BCUT2D eigenvalue weighted by Gasteiger charge is 2.21. The molecule has 236 valence electrons. The number of aromatic nitrogens is 8. The fraction of sp³-hybridized carbons (Fsp3) is 0.250. The first-order valence-corrected chi connectivity index (χ1v) is 14.5. The predicted molar refractivity (Wildman–Crippen MR) is 173 cm³/mol. The monoisotopic (exact) mass is 621 g/mol. The minimum atomic E-state index is -1.05. The Kier molecular flexibility index (Phi) is 8.89. The summed E-state index contributed by atoms with van der Waals surface area (Å²) in [5.74, 6) is 0.730. The number of aromatic carboxylic acids is 1. The number of anilines is 2. The first-order valence-electron chi connectivity index (χ1n) is 14.5. The van der Waals surface area contributed by atoms with Crippen molar-refractivity contribution in [2.45, 2.75) is 39.8 Å². The summed E-state index contributed by atoms with van der Waals surface area (Å²) in [5, 5.41) is 34.2. The van der Waals surface area contributed by atoms with Crippen molar-refractivity contribution in [3.8, 4) is 0 Å². The van der Waals surface area contributed by atoms with Gasteiger partial charge in [0.05, 0.1) is 17.6 Å². The fourth-order valence-electron chi connectivity index (χ4n) is 4.93. The van der Waals surface area contributed by atoms with E-state index >= 15 is 0 Å². The first kappa shape index (κ1) is 31.5. The van der Waals surface area contributed by atoms with Gasteiger partial charge < -0.3 is 20.6 Å². The molecule has 0 saturated heterocycles. The van der Waals surface area contributed by atoms with E-state index in [0.717, 1.165) is 11.1 Å². The van der Waals surface area contributed by atoms with Gasteiger partial charge in [-0.3, -0.25) is 4.79 Å². The van der Waals surface area contributed by atoms with E-state index in [1.807, 2.05) is 79.3 Å². The molecule has 14 nitrogen and oxygen atoms in total. The summed E-state index contributed by atoms with van der Waals surface area (Å²) in [6.45, 7) is 7.63. The Labute approximate surface area is 265 Å². The number of rotatable bonds is 8. The molecule has 46 heavy (non-hydrogen) atoms. The van der Waals surface area contributed by atoms with Gasteiger partial charge in [-0.2, -0.15) is 9.03 Å². The summed E-state index contributed by atoms with van der Waals surface area (Å²) in [6, 6.07) is 23.4. The van der Waals surface area contributed by atoms with Crippen molar-refractivity contribution < 1.29 is 14.7 Å². The lowest BCUT2D eigenvalue weighted by atomic mass is 10.1. The molecule has 0 radical (unpaired) electrons. The van der Waals surface area contributed by atoms with E-state index in [9.17, 15) is 14.7 Å². The summed E-state index contributed by atoms with van der Waals surface area (Å²) >= 11 is 0. The lowest BCUT2D eigenvalue weighted by Gasteiger charge is -2.26. The number of nitrogens with zero attached hydrogens (tertiary/aromatic N) is 10. The molecule has 0 bridgehead atoms. The Morgan fingerprint density at radius 1 is 0.696 bits per heavy atom. The van der Waals surface area contributed by atoms with Gasteiger partial charge in [0.2, 0.25) is 0 Å². The quantitative estimate of drug-likeness (QED) is 0.251. The highest BCUT2D eigenvalue weighted by atomic mass is 16.4. The molecule has 0 spiro atoms. The van der Waals surface area contributed by atoms with Crippen molar-refractivity contribution in [3.63, 3.8) is 0 Å². The van der Waals surface area contributed by atoms with Crippen molar-refractivity contribution in [1.29, 1.82) is 0 Å². The third-order valence-electron chi connectivity index (χ3n) is 7.97. The molecule has 0 unspecified atom stereocenters. The number of hydrogen-bond acceptors (Lipinski definition) is 10. The number of amides is 1. The lowest BCUT2D eigenvalue weighted by molar-refractivity contribution is 0.0698. The third-order valence-corrected chi connectivity index (χ3v) is 7.97. The molecule has 6 rings (SSSR count). The molecule has 0 fully saturated rings. The number of carbonyl (C=O) groups is 2. The first-order chi connectivity index (χ1) is 22.0. The molecule has 4 heterocycles. The zero-order chi connectivity index (χ0) is 33.1. The number of carboxylic acids is 1. The second kappa shape index (κ2) is 13.0. The van der Waals surface area contributed by atoms with Crippen molar-refractivity contribution >= 4 is 34.8 Å². The molecule has 0 aliphatic rings. The van der Waals surface area contributed by atoms with E-state index in [4.69, 9.17) is 5.73 Å². The largest absolute Gasteiger partial charge is 0.478 e. The number of carboxylic acid groups (broad SMARTS) is 1. The van der Waals surface area contributed by atoms with Crippen LogP contribution in [0.1, 0.15) is 69.4 Å². The Balaban J connectivity index is 0.000000181. The second-order valence-electron chi connectivity index (χ2n) is 10.9. The molecular formula is C32H35N11O3. The number of nitrogens with two attached hydrogens (primary N) is 1. The summed E-state index contributed by atoms with van der Waals surface area (Å²) < 4.78 is 3.01. The molecule has 0 saturated carbocycles. The Morgan fingerprint density at radius 2 is 1.09 bits per heavy atom. The third kappa shape index (κ3) is 6.18. The highest BCUT2D eigenvalue weighted by Crippen LogP contribution is 2.27. The zero-order valence-corrected chi connectivity index (χ0v) is 26.4. The molecular weight excluding hydrogens is 586 g/mol. The predicted octanol–water partition coefficient (Wildman–Crippen LogP) is 4.06. The minimum Gasteiger partial charge on any atom is -0.478 e. The molecule has 1 amide bonds. The van der Waals surface area contributed by atoms with Crippen LogP contribution in [0.4, 0.5) is 11.6 Å². The maximum atomic E-state index is 11.7. The van der Waals surface area contributed by atoms with Gasteiger partial charge in [-0.25, -0.2) is 4.79 Å². The molecule has 0 aliphatic heterocycles. The van der Waals surface area contributed by atoms with Gasteiger partial charge in [-0.05, 0) is 44.9 Å². The standard InChI is InChI=1S/C16H18N6O.C16H17N5O2/c1-10(12-7-5-4-6-8-12)21(3)14-9-13(15(17)23)16-19-18-11(2)22(16)20-14;1-10(12-7-5-4-6-8-12)20(3)14-9-13(16(22)23)15-18-17-11(2)21(15)19-14/h4-10H,1-3H3,(H2,17,23);4-10H,1-3H3,(H,22,23)/t2*10-/m00/s1. The van der Waals surface area contributed by atoms with Crippen LogP contribution in [-0.4, -0.2) is 70.7 Å². The molecule has 2 atom stereocenters. The number of fused-ring (bicyclic) bond motifs is 2. The van der Waals surface area contributed by atoms with E-state index in [1.165, 1.54) is 10.6 Å². The van der Waals surface area contributed by atoms with Crippen molar-refractivity contribution in [1.82, 2.24) is 39.6 Å². The van der Waals surface area contributed by atoms with Crippen LogP contribution in [-0.2, 0) is 0 Å². The SMILES string of the molecule is Cc1nnc2c(C(=O)O)cc(N(C)[C@@H](C)c3ccccc3)nn12.Cc1nnc2c(C(N)=O)cc(N(C)[C@@H](C)c3ccccc3)nn12. The van der Waals surface area contributed by atoms with Gasteiger partial charge in [0.15, 0.2) is 34.6 Å². The van der Waals surface area contributed by atoms with Crippen molar-refractivity contribution in [2.75, 3.05) is 23.9 Å². The van der Waals surface area contributed by atoms with Crippen LogP contribution < -0.4 is 15.5 Å². The average Bonchev–Trinajstić information content (AvgIpc) is 3.65. The van der Waals surface area contributed by atoms with Gasteiger partial charge in [0.25, 0.3) is 5.91 Å². The van der Waals surface area contributed by atoms with Crippen LogP contribution in [0.2, 0.25) is 0 Å². The maximum Gasteiger partial charge on any atom is 0.339 e. The van der Waals surface area contributed by atoms with Crippen LogP contribution in [0.3, 0.4) is 0 Å². The Hall–Kier alpha value is -5.92. The highest BCUT2D eigenvalue weighted by molar-refractivity contribution is 5.99. The number of aryl methyl sites for hydroxylation is 2. The summed E-state index contributed by atoms with van der Waals surface area (Å²) in [7, 11) is 3.81. The summed E-state index contributed by atoms with van der Waals surface area (Å²) in [5.41, 5.74) is 8.77. The van der Waals surface area contributed by atoms with Gasteiger partial charge in [0, 0.05) is 20.2 Å². The van der Waals surface area contributed by atoms with Gasteiger partial charge >= 0.3 is 5.97 Å². The second-order valence-corrected chi connectivity index (χ2v) is 10.9. The van der Waals surface area contributed by atoms with Gasteiger partial charge in [-0.15, -0.1) is 30.6 Å². The Morgan fingerprint density at radius 3 is 1.48 bits per heavy atom. The minimum absolute atomic E-state index is 0.0413. The molecule has 0 aliphatic carbocycles. The van der Waals surface area contributed by atoms with Crippen LogP contribution in [0.25, 0.3) is 11.3 Å². The van der Waals surface area contributed by atoms with Crippen molar-refractivity contribution in [2.24, 2.45) is 5.73 Å². The number of benzene rings is 2. The zero-order valence-electron chi connectivity index (χ0n) is 26.4. The number of primary amides is 1. The average molecular weight is 622 g/mol. The molecule has 14 heteroatoms. The summed E-state index contributed by atoms with van der Waals surface area (Å²) in [6.07, 6.45) is 0. The van der Waals surface area contributed by atoms with E-state index in [-0.39, 0.29) is 23.3 Å². The van der Waals surface area contributed by atoms with E-state index in [2.05, 4.69) is 49.6 Å². The van der Waals surface area contributed by atoms with Crippen molar-refractivity contribution in [3.05, 3.63) is 107 Å². The maximum absolute atomic E-state index is 11.7. The smallest absolute Gasteiger partial charge is 0.339 e. The molecule has 3 N–H and O–H groups in total. The Bertz CT molecular complexity index is 1860. The summed E-state index contributed by atoms with van der Waals surface area (Å²) in [4.78, 5) is 27.2. The normalized spacial score (nSPS) is 12.3. The van der Waals surface area contributed by atoms with E-state index in [0.29, 0.717) is 34.5 Å².